The number of sulfonamides is 1. The third-order valence-electron chi connectivity index (χ3n) is 2.50. The summed E-state index contributed by atoms with van der Waals surface area (Å²) in [7, 11) is -3.18. The molecule has 2 N–H and O–H groups in total. The first-order chi connectivity index (χ1) is 8.89. The van der Waals surface area contributed by atoms with E-state index in [1.165, 1.54) is 11.3 Å². The number of aromatic nitrogens is 1. The van der Waals surface area contributed by atoms with E-state index in [2.05, 4.69) is 28.9 Å². The summed E-state index contributed by atoms with van der Waals surface area (Å²) in [4.78, 5) is 4.22. The molecule has 1 aromatic heterocycles. The van der Waals surface area contributed by atoms with Gasteiger partial charge in [-0.15, -0.1) is 11.3 Å². The van der Waals surface area contributed by atoms with Crippen molar-refractivity contribution in [2.24, 2.45) is 0 Å². The Bertz CT molecular complexity index is 469. The number of hydrogen-bond donors (Lipinski definition) is 2. The fourth-order valence-electron chi connectivity index (χ4n) is 1.54. The molecule has 0 radical (unpaired) electrons. The maximum atomic E-state index is 11.8. The first kappa shape index (κ1) is 16.6. The monoisotopic (exact) mass is 305 g/mol. The van der Waals surface area contributed by atoms with Crippen molar-refractivity contribution in [3.05, 3.63) is 16.1 Å². The predicted octanol–water partition coefficient (Wildman–Crippen LogP) is 1.65. The SMILES string of the molecule is Cc1csc(CNS(=O)(=O)CCCCNC(C)C)n1. The summed E-state index contributed by atoms with van der Waals surface area (Å²) in [5.41, 5.74) is 0.930. The van der Waals surface area contributed by atoms with Crippen molar-refractivity contribution in [2.45, 2.75) is 46.2 Å². The molecule has 0 aliphatic heterocycles. The van der Waals surface area contributed by atoms with Gasteiger partial charge in [0.15, 0.2) is 0 Å². The van der Waals surface area contributed by atoms with E-state index in [0.717, 1.165) is 23.7 Å². The van der Waals surface area contributed by atoms with Crippen molar-refractivity contribution in [1.82, 2.24) is 15.0 Å². The molecule has 0 aromatic carbocycles. The van der Waals surface area contributed by atoms with Crippen LogP contribution in [0.2, 0.25) is 0 Å². The Kier molecular flexibility index (Phi) is 6.92. The molecular weight excluding hydrogens is 282 g/mol. The molecule has 0 spiro atoms. The van der Waals surface area contributed by atoms with E-state index < -0.39 is 10.0 Å². The van der Waals surface area contributed by atoms with Crippen molar-refractivity contribution in [3.8, 4) is 0 Å². The molecule has 0 aliphatic rings. The molecule has 0 saturated carbocycles. The van der Waals surface area contributed by atoms with Gasteiger partial charge in [-0.1, -0.05) is 13.8 Å². The second-order valence-electron chi connectivity index (χ2n) is 4.84. The van der Waals surface area contributed by atoms with Crippen molar-refractivity contribution in [1.29, 1.82) is 0 Å². The van der Waals surface area contributed by atoms with Crippen LogP contribution < -0.4 is 10.0 Å². The molecule has 1 heterocycles. The molecule has 0 bridgehead atoms. The van der Waals surface area contributed by atoms with Crippen LogP contribution in [0, 0.1) is 6.92 Å². The highest BCUT2D eigenvalue weighted by Crippen LogP contribution is 2.08. The number of thiazole rings is 1. The van der Waals surface area contributed by atoms with Crippen molar-refractivity contribution in [3.63, 3.8) is 0 Å². The van der Waals surface area contributed by atoms with Gasteiger partial charge >= 0.3 is 0 Å². The second-order valence-corrected chi connectivity index (χ2v) is 7.71. The Balaban J connectivity index is 2.21. The topological polar surface area (TPSA) is 71.1 Å². The zero-order chi connectivity index (χ0) is 14.3. The number of unbranched alkanes of at least 4 members (excludes halogenated alkanes) is 1. The van der Waals surface area contributed by atoms with Gasteiger partial charge in [-0.2, -0.15) is 0 Å². The van der Waals surface area contributed by atoms with Crippen LogP contribution in [-0.2, 0) is 16.6 Å². The van der Waals surface area contributed by atoms with Gasteiger partial charge < -0.3 is 5.32 Å². The lowest BCUT2D eigenvalue weighted by atomic mass is 10.3. The third kappa shape index (κ3) is 7.61. The minimum Gasteiger partial charge on any atom is -0.315 e. The van der Waals surface area contributed by atoms with Crippen LogP contribution in [0.1, 0.15) is 37.4 Å². The smallest absolute Gasteiger partial charge is 0.211 e. The first-order valence-corrected chi connectivity index (χ1v) is 9.04. The van der Waals surface area contributed by atoms with Gasteiger partial charge in [-0.3, -0.25) is 0 Å². The molecule has 0 aliphatic carbocycles. The fourth-order valence-corrected chi connectivity index (χ4v) is 3.42. The maximum Gasteiger partial charge on any atom is 0.211 e. The van der Waals surface area contributed by atoms with Crippen LogP contribution in [0.15, 0.2) is 5.38 Å². The highest BCUT2D eigenvalue weighted by atomic mass is 32.2. The van der Waals surface area contributed by atoms with Crippen LogP contribution in [0.5, 0.6) is 0 Å². The van der Waals surface area contributed by atoms with Crippen LogP contribution in [0.25, 0.3) is 0 Å². The van der Waals surface area contributed by atoms with E-state index in [1.807, 2.05) is 12.3 Å². The lowest BCUT2D eigenvalue weighted by Gasteiger charge is -2.08. The van der Waals surface area contributed by atoms with Crippen molar-refractivity contribution >= 4 is 21.4 Å². The molecule has 0 amide bonds. The maximum absolute atomic E-state index is 11.8. The molecule has 19 heavy (non-hydrogen) atoms. The number of nitrogens with one attached hydrogen (secondary N) is 2. The third-order valence-corrected chi connectivity index (χ3v) is 4.88. The average Bonchev–Trinajstić information content (AvgIpc) is 2.72. The molecule has 110 valence electrons. The predicted molar refractivity (Wildman–Crippen MR) is 79.9 cm³/mol. The second kappa shape index (κ2) is 7.94. The average molecular weight is 305 g/mol. The molecule has 7 heteroatoms. The zero-order valence-electron chi connectivity index (χ0n) is 11.8. The number of rotatable bonds is 9. The van der Waals surface area contributed by atoms with Gasteiger partial charge in [0.05, 0.1) is 12.3 Å². The van der Waals surface area contributed by atoms with Crippen LogP contribution in [0.3, 0.4) is 0 Å². The lowest BCUT2D eigenvalue weighted by molar-refractivity contribution is 0.555. The van der Waals surface area contributed by atoms with E-state index in [4.69, 9.17) is 0 Å². The van der Waals surface area contributed by atoms with Crippen LogP contribution in [-0.4, -0.2) is 31.7 Å². The molecule has 0 saturated heterocycles. The Hall–Kier alpha value is -0.500. The van der Waals surface area contributed by atoms with Crippen LogP contribution >= 0.6 is 11.3 Å². The zero-order valence-corrected chi connectivity index (χ0v) is 13.4. The Labute approximate surface area is 119 Å². The van der Waals surface area contributed by atoms with Gasteiger partial charge in [-0.25, -0.2) is 18.1 Å². The van der Waals surface area contributed by atoms with E-state index in [0.29, 0.717) is 19.0 Å². The van der Waals surface area contributed by atoms with Gasteiger partial charge in [0.1, 0.15) is 5.01 Å². The summed E-state index contributed by atoms with van der Waals surface area (Å²) in [5, 5.41) is 5.99. The molecule has 1 rings (SSSR count). The minimum atomic E-state index is -3.18. The lowest BCUT2D eigenvalue weighted by Crippen LogP contribution is -2.27. The first-order valence-electron chi connectivity index (χ1n) is 6.51. The van der Waals surface area contributed by atoms with Crippen molar-refractivity contribution in [2.75, 3.05) is 12.3 Å². The Morgan fingerprint density at radius 2 is 2.11 bits per heavy atom. The summed E-state index contributed by atoms with van der Waals surface area (Å²) < 4.78 is 26.1. The summed E-state index contributed by atoms with van der Waals surface area (Å²) in [6.07, 6.45) is 1.54. The molecule has 0 atom stereocenters. The molecule has 5 nitrogen and oxygen atoms in total. The Morgan fingerprint density at radius 1 is 1.37 bits per heavy atom. The summed E-state index contributed by atoms with van der Waals surface area (Å²) in [5.74, 6) is 0.178. The van der Waals surface area contributed by atoms with E-state index >= 15 is 0 Å². The van der Waals surface area contributed by atoms with E-state index in [1.54, 1.807) is 0 Å². The van der Waals surface area contributed by atoms with Crippen molar-refractivity contribution < 1.29 is 8.42 Å². The normalized spacial score (nSPS) is 12.2. The van der Waals surface area contributed by atoms with Gasteiger partial charge in [0, 0.05) is 17.1 Å². The largest absolute Gasteiger partial charge is 0.315 e. The molecule has 1 aromatic rings. The van der Waals surface area contributed by atoms with Crippen LogP contribution in [0.4, 0.5) is 0 Å². The fraction of sp³-hybridized carbons (Fsp3) is 0.750. The quantitative estimate of drug-likeness (QED) is 0.681. The standard InChI is InChI=1S/C12H23N3O2S2/c1-10(2)13-6-4-5-7-19(16,17)14-8-12-15-11(3)9-18-12/h9-10,13-14H,4-8H2,1-3H3. The molecular formula is C12H23N3O2S2. The van der Waals surface area contributed by atoms with E-state index in [-0.39, 0.29) is 5.75 Å². The number of nitrogens with zero attached hydrogens (tertiary/aromatic N) is 1. The summed E-state index contributed by atoms with van der Waals surface area (Å²) in [6.45, 7) is 7.21. The summed E-state index contributed by atoms with van der Waals surface area (Å²) >= 11 is 1.48. The van der Waals surface area contributed by atoms with Gasteiger partial charge in [0.2, 0.25) is 10.0 Å². The highest BCUT2D eigenvalue weighted by Gasteiger charge is 2.10. The minimum absolute atomic E-state index is 0.178. The number of aryl methyl sites for hydroxylation is 1. The summed E-state index contributed by atoms with van der Waals surface area (Å²) in [6, 6.07) is 0.447. The molecule has 0 unspecified atom stereocenters. The molecule has 0 fully saturated rings. The highest BCUT2D eigenvalue weighted by molar-refractivity contribution is 7.89. The Morgan fingerprint density at radius 3 is 2.68 bits per heavy atom. The van der Waals surface area contributed by atoms with E-state index in [9.17, 15) is 8.42 Å². The number of hydrogen-bond acceptors (Lipinski definition) is 5. The van der Waals surface area contributed by atoms with Gasteiger partial charge in [-0.05, 0) is 26.3 Å². The van der Waals surface area contributed by atoms with Gasteiger partial charge in [0.25, 0.3) is 0 Å².